The van der Waals surface area contributed by atoms with Gasteiger partial charge >= 0.3 is 5.97 Å². The molecule has 0 fully saturated rings. The SMILES string of the molecule is Cc1nc(-c2cc3c(s2)CCN(c2cnc(C(=O)O)cn2)C3)cs1. The Morgan fingerprint density at radius 3 is 2.88 bits per heavy atom. The van der Waals surface area contributed by atoms with Gasteiger partial charge in [0.2, 0.25) is 0 Å². The molecule has 8 heteroatoms. The molecule has 1 N–H and O–H groups in total. The van der Waals surface area contributed by atoms with E-state index in [1.807, 2.05) is 18.3 Å². The number of anilines is 1. The van der Waals surface area contributed by atoms with Crippen molar-refractivity contribution in [2.45, 2.75) is 19.9 Å². The minimum Gasteiger partial charge on any atom is -0.476 e. The third-order valence-electron chi connectivity index (χ3n) is 3.92. The van der Waals surface area contributed by atoms with Gasteiger partial charge in [0.25, 0.3) is 0 Å². The summed E-state index contributed by atoms with van der Waals surface area (Å²) in [5.74, 6) is -0.348. The van der Waals surface area contributed by atoms with Crippen molar-refractivity contribution >= 4 is 34.5 Å². The first kappa shape index (κ1) is 15.2. The number of aromatic carboxylic acids is 1. The Kier molecular flexibility index (Phi) is 3.78. The zero-order valence-electron chi connectivity index (χ0n) is 12.9. The molecule has 0 unspecified atom stereocenters. The van der Waals surface area contributed by atoms with Crippen LogP contribution in [-0.2, 0) is 13.0 Å². The van der Waals surface area contributed by atoms with Crippen LogP contribution in [0.4, 0.5) is 5.82 Å². The van der Waals surface area contributed by atoms with Gasteiger partial charge in [0, 0.05) is 23.3 Å². The first-order valence-corrected chi connectivity index (χ1v) is 9.14. The van der Waals surface area contributed by atoms with Crippen LogP contribution in [0.25, 0.3) is 10.6 Å². The van der Waals surface area contributed by atoms with E-state index in [2.05, 4.69) is 31.3 Å². The van der Waals surface area contributed by atoms with Gasteiger partial charge in [-0.2, -0.15) is 0 Å². The van der Waals surface area contributed by atoms with E-state index in [0.29, 0.717) is 5.82 Å². The highest BCUT2D eigenvalue weighted by Gasteiger charge is 2.21. The number of carboxylic acids is 1. The molecule has 3 aromatic heterocycles. The lowest BCUT2D eigenvalue weighted by atomic mass is 10.1. The highest BCUT2D eigenvalue weighted by molar-refractivity contribution is 7.16. The maximum Gasteiger partial charge on any atom is 0.356 e. The molecular weight excluding hydrogens is 344 g/mol. The Morgan fingerprint density at radius 1 is 1.33 bits per heavy atom. The number of thiazole rings is 1. The molecule has 4 heterocycles. The first-order valence-electron chi connectivity index (χ1n) is 7.44. The van der Waals surface area contributed by atoms with E-state index in [-0.39, 0.29) is 5.69 Å². The molecular formula is C16H14N4O2S2. The average Bonchev–Trinajstić information content (AvgIpc) is 3.20. The fraction of sp³-hybridized carbons (Fsp3) is 0.250. The van der Waals surface area contributed by atoms with Gasteiger partial charge in [-0.05, 0) is 25.0 Å². The van der Waals surface area contributed by atoms with Crippen molar-refractivity contribution in [2.75, 3.05) is 11.4 Å². The summed E-state index contributed by atoms with van der Waals surface area (Å²) < 4.78 is 0. The van der Waals surface area contributed by atoms with E-state index in [9.17, 15) is 4.79 Å². The van der Waals surface area contributed by atoms with Crippen LogP contribution in [0.3, 0.4) is 0 Å². The number of hydrogen-bond acceptors (Lipinski definition) is 7. The normalized spacial score (nSPS) is 13.8. The van der Waals surface area contributed by atoms with Crippen LogP contribution in [0.15, 0.2) is 23.8 Å². The Hall–Kier alpha value is -2.32. The second-order valence-electron chi connectivity index (χ2n) is 5.55. The lowest BCUT2D eigenvalue weighted by Crippen LogP contribution is -2.30. The molecule has 0 saturated carbocycles. The summed E-state index contributed by atoms with van der Waals surface area (Å²) in [6.07, 6.45) is 3.79. The fourth-order valence-electron chi connectivity index (χ4n) is 2.73. The van der Waals surface area contributed by atoms with Gasteiger partial charge in [0.15, 0.2) is 5.69 Å². The summed E-state index contributed by atoms with van der Waals surface area (Å²) in [5, 5.41) is 12.1. The molecule has 4 rings (SSSR count). The third kappa shape index (κ3) is 2.78. The number of nitrogens with zero attached hydrogens (tertiary/aromatic N) is 4. The quantitative estimate of drug-likeness (QED) is 0.774. The second kappa shape index (κ2) is 5.95. The van der Waals surface area contributed by atoms with Crippen molar-refractivity contribution in [1.82, 2.24) is 15.0 Å². The zero-order chi connectivity index (χ0) is 16.7. The maximum absolute atomic E-state index is 10.9. The van der Waals surface area contributed by atoms with Crippen molar-refractivity contribution in [3.8, 4) is 10.6 Å². The van der Waals surface area contributed by atoms with Gasteiger partial charge in [-0.25, -0.2) is 19.7 Å². The summed E-state index contributed by atoms with van der Waals surface area (Å²) in [7, 11) is 0. The molecule has 6 nitrogen and oxygen atoms in total. The Balaban J connectivity index is 1.57. The third-order valence-corrected chi connectivity index (χ3v) is 5.95. The van der Waals surface area contributed by atoms with Gasteiger partial charge in [-0.1, -0.05) is 0 Å². The summed E-state index contributed by atoms with van der Waals surface area (Å²) in [4.78, 5) is 28.4. The summed E-state index contributed by atoms with van der Waals surface area (Å²) in [6, 6.07) is 2.21. The lowest BCUT2D eigenvalue weighted by Gasteiger charge is -2.27. The molecule has 0 amide bonds. The van der Waals surface area contributed by atoms with Crippen LogP contribution >= 0.6 is 22.7 Å². The smallest absolute Gasteiger partial charge is 0.356 e. The lowest BCUT2D eigenvalue weighted by molar-refractivity contribution is 0.0690. The Labute approximate surface area is 146 Å². The van der Waals surface area contributed by atoms with Crippen LogP contribution in [0.2, 0.25) is 0 Å². The molecule has 24 heavy (non-hydrogen) atoms. The topological polar surface area (TPSA) is 79.2 Å². The molecule has 0 bridgehead atoms. The zero-order valence-corrected chi connectivity index (χ0v) is 14.5. The molecule has 0 atom stereocenters. The number of fused-ring (bicyclic) bond motifs is 1. The van der Waals surface area contributed by atoms with Gasteiger partial charge < -0.3 is 10.0 Å². The maximum atomic E-state index is 10.9. The van der Waals surface area contributed by atoms with Crippen LogP contribution in [0.5, 0.6) is 0 Å². The molecule has 0 aliphatic carbocycles. The summed E-state index contributed by atoms with van der Waals surface area (Å²) >= 11 is 3.47. The van der Waals surface area contributed by atoms with Crippen LogP contribution in [-0.4, -0.2) is 32.6 Å². The minimum absolute atomic E-state index is 0.0341. The molecule has 0 radical (unpaired) electrons. The van der Waals surface area contributed by atoms with E-state index in [0.717, 1.165) is 30.2 Å². The van der Waals surface area contributed by atoms with Gasteiger partial charge in [0.1, 0.15) is 5.82 Å². The highest BCUT2D eigenvalue weighted by Crippen LogP contribution is 2.35. The van der Waals surface area contributed by atoms with Gasteiger partial charge in [-0.3, -0.25) is 0 Å². The van der Waals surface area contributed by atoms with Crippen LogP contribution in [0, 0.1) is 6.92 Å². The fourth-order valence-corrected chi connectivity index (χ4v) is 4.54. The van der Waals surface area contributed by atoms with Gasteiger partial charge in [-0.15, -0.1) is 22.7 Å². The Morgan fingerprint density at radius 2 is 2.21 bits per heavy atom. The number of thiophene rings is 1. The van der Waals surface area contributed by atoms with Crippen LogP contribution < -0.4 is 4.90 Å². The predicted octanol–water partition coefficient (Wildman–Crippen LogP) is 3.23. The number of aryl methyl sites for hydroxylation is 1. The van der Waals surface area contributed by atoms with Crippen molar-refractivity contribution in [3.05, 3.63) is 45.0 Å². The van der Waals surface area contributed by atoms with E-state index in [1.165, 1.54) is 27.7 Å². The first-order chi connectivity index (χ1) is 11.6. The van der Waals surface area contributed by atoms with E-state index in [1.54, 1.807) is 11.3 Å². The number of aromatic nitrogens is 3. The average molecular weight is 358 g/mol. The van der Waals surface area contributed by atoms with Crippen molar-refractivity contribution in [3.63, 3.8) is 0 Å². The monoisotopic (exact) mass is 358 g/mol. The van der Waals surface area contributed by atoms with E-state index >= 15 is 0 Å². The largest absolute Gasteiger partial charge is 0.476 e. The van der Waals surface area contributed by atoms with Crippen molar-refractivity contribution in [2.24, 2.45) is 0 Å². The van der Waals surface area contributed by atoms with Gasteiger partial charge in [0.05, 0.1) is 28.0 Å². The predicted molar refractivity (Wildman–Crippen MR) is 93.9 cm³/mol. The molecule has 0 saturated heterocycles. The van der Waals surface area contributed by atoms with E-state index in [4.69, 9.17) is 5.11 Å². The second-order valence-corrected chi connectivity index (χ2v) is 7.75. The van der Waals surface area contributed by atoms with Crippen molar-refractivity contribution < 1.29 is 9.90 Å². The molecule has 1 aliphatic rings. The number of carbonyl (C=O) groups is 1. The molecule has 0 spiro atoms. The molecule has 1 aliphatic heterocycles. The Bertz CT molecular complexity index is 901. The molecule has 122 valence electrons. The van der Waals surface area contributed by atoms with Crippen LogP contribution in [0.1, 0.15) is 25.9 Å². The van der Waals surface area contributed by atoms with E-state index < -0.39 is 5.97 Å². The molecule has 0 aromatic carbocycles. The number of carboxylic acid groups (broad SMARTS) is 1. The minimum atomic E-state index is -1.06. The standard InChI is InChI=1S/C16H14N4O2S2/c1-9-19-12(8-23-9)14-4-10-7-20(3-2-13(10)24-14)15-6-17-11(5-18-15)16(21)22/h4-6,8H,2-3,7H2,1H3,(H,21,22). The highest BCUT2D eigenvalue weighted by atomic mass is 32.1. The number of hydrogen-bond donors (Lipinski definition) is 1. The summed E-state index contributed by atoms with van der Waals surface area (Å²) in [5.41, 5.74) is 2.30. The molecule has 3 aromatic rings. The van der Waals surface area contributed by atoms with Crippen molar-refractivity contribution in [1.29, 1.82) is 0 Å². The number of rotatable bonds is 3. The summed E-state index contributed by atoms with van der Waals surface area (Å²) in [6.45, 7) is 3.63.